The van der Waals surface area contributed by atoms with Gasteiger partial charge in [0.2, 0.25) is 11.8 Å². The summed E-state index contributed by atoms with van der Waals surface area (Å²) in [6.45, 7) is 5.35. The van der Waals surface area contributed by atoms with E-state index >= 15 is 0 Å². The van der Waals surface area contributed by atoms with Crippen LogP contribution in [0.4, 0.5) is 5.69 Å². The van der Waals surface area contributed by atoms with Gasteiger partial charge in [0.1, 0.15) is 12.1 Å². The summed E-state index contributed by atoms with van der Waals surface area (Å²) < 4.78 is 5.32. The van der Waals surface area contributed by atoms with E-state index in [-0.39, 0.29) is 30.2 Å². The van der Waals surface area contributed by atoms with E-state index < -0.39 is 5.54 Å². The molecule has 3 amide bonds. The second-order valence-electron chi connectivity index (χ2n) is 10.0. The number of rotatable bonds is 9. The molecular formula is C27H40N4O4. The highest BCUT2D eigenvalue weighted by molar-refractivity contribution is 5.96. The van der Waals surface area contributed by atoms with Crippen LogP contribution in [0.5, 0.6) is 0 Å². The average molecular weight is 485 g/mol. The average Bonchev–Trinajstić information content (AvgIpc) is 3.15. The molecule has 8 heteroatoms. The monoisotopic (exact) mass is 484 g/mol. The first-order chi connectivity index (χ1) is 17.0. The van der Waals surface area contributed by atoms with Gasteiger partial charge < -0.3 is 24.8 Å². The highest BCUT2D eigenvalue weighted by Crippen LogP contribution is 2.40. The zero-order valence-electron chi connectivity index (χ0n) is 21.0. The SMILES string of the molecule is CCOCCCNC(=O)CN1CN(c2ccccc2)C2(CCN(C(=O)C3CCCCC3)CC2)C1=O. The lowest BCUT2D eigenvalue weighted by atomic mass is 9.83. The third-order valence-corrected chi connectivity index (χ3v) is 7.76. The first-order valence-corrected chi connectivity index (χ1v) is 13.3. The molecule has 4 rings (SSSR count). The van der Waals surface area contributed by atoms with Gasteiger partial charge in [-0.3, -0.25) is 14.4 Å². The molecule has 0 aromatic heterocycles. The Bertz CT molecular complexity index is 863. The Morgan fingerprint density at radius 3 is 2.49 bits per heavy atom. The fourth-order valence-electron chi connectivity index (χ4n) is 5.80. The smallest absolute Gasteiger partial charge is 0.250 e. The van der Waals surface area contributed by atoms with Crippen molar-refractivity contribution in [3.63, 3.8) is 0 Å². The number of ether oxygens (including phenoxy) is 1. The number of nitrogens with zero attached hydrogens (tertiary/aromatic N) is 3. The van der Waals surface area contributed by atoms with E-state index in [0.29, 0.717) is 52.4 Å². The van der Waals surface area contributed by atoms with Crippen LogP contribution in [-0.2, 0) is 19.1 Å². The molecule has 0 atom stereocenters. The molecule has 1 aromatic rings. The Morgan fingerprint density at radius 2 is 1.80 bits per heavy atom. The Balaban J connectivity index is 1.42. The Hall–Kier alpha value is -2.61. The van der Waals surface area contributed by atoms with Gasteiger partial charge in [-0.25, -0.2) is 0 Å². The molecule has 1 aliphatic carbocycles. The van der Waals surface area contributed by atoms with Gasteiger partial charge in [-0.15, -0.1) is 0 Å². The fourth-order valence-corrected chi connectivity index (χ4v) is 5.80. The number of carbonyl (C=O) groups excluding carboxylic acids is 3. The highest BCUT2D eigenvalue weighted by Gasteiger charge is 2.54. The third kappa shape index (κ3) is 5.80. The first-order valence-electron chi connectivity index (χ1n) is 13.3. The van der Waals surface area contributed by atoms with E-state index in [4.69, 9.17) is 4.74 Å². The van der Waals surface area contributed by atoms with E-state index in [1.165, 1.54) is 6.42 Å². The standard InChI is InChI=1S/C27H40N4O4/c1-2-35-19-9-16-28-24(32)20-30-21-31(23-12-7-4-8-13-23)27(26(30)34)14-17-29(18-15-27)25(33)22-10-5-3-6-11-22/h4,7-8,12-13,22H,2-3,5-6,9-11,14-21H2,1H3,(H,28,32). The van der Waals surface area contributed by atoms with Crippen molar-refractivity contribution < 1.29 is 19.1 Å². The second-order valence-corrected chi connectivity index (χ2v) is 10.0. The van der Waals surface area contributed by atoms with Crippen LogP contribution >= 0.6 is 0 Å². The lowest BCUT2D eigenvalue weighted by Crippen LogP contribution is -2.58. The predicted molar refractivity (Wildman–Crippen MR) is 135 cm³/mol. The lowest BCUT2D eigenvalue weighted by molar-refractivity contribution is -0.142. The molecule has 1 aromatic carbocycles. The number of para-hydroxylation sites is 1. The van der Waals surface area contributed by atoms with Gasteiger partial charge in [0, 0.05) is 44.5 Å². The summed E-state index contributed by atoms with van der Waals surface area (Å²) in [4.78, 5) is 45.3. The van der Waals surface area contributed by atoms with Crippen molar-refractivity contribution in [1.29, 1.82) is 0 Å². The Labute approximate surface area is 209 Å². The van der Waals surface area contributed by atoms with Gasteiger partial charge in [-0.1, -0.05) is 37.5 Å². The number of amides is 3. The molecule has 0 radical (unpaired) electrons. The van der Waals surface area contributed by atoms with Gasteiger partial charge in [0.25, 0.3) is 5.91 Å². The number of piperidine rings is 1. The quantitative estimate of drug-likeness (QED) is 0.545. The van der Waals surface area contributed by atoms with Crippen LogP contribution in [0.2, 0.25) is 0 Å². The van der Waals surface area contributed by atoms with Crippen LogP contribution in [0, 0.1) is 5.92 Å². The van der Waals surface area contributed by atoms with Crippen molar-refractivity contribution in [2.24, 2.45) is 5.92 Å². The van der Waals surface area contributed by atoms with Crippen molar-refractivity contribution in [2.75, 3.05) is 51.0 Å². The van der Waals surface area contributed by atoms with Crippen LogP contribution in [0.15, 0.2) is 30.3 Å². The Morgan fingerprint density at radius 1 is 1.09 bits per heavy atom. The molecular weight excluding hydrogens is 444 g/mol. The zero-order chi connectivity index (χ0) is 24.7. The summed E-state index contributed by atoms with van der Waals surface area (Å²) in [6, 6.07) is 9.96. The number of likely N-dealkylation sites (tertiary alicyclic amines) is 1. The largest absolute Gasteiger partial charge is 0.382 e. The molecule has 1 N–H and O–H groups in total. The molecule has 192 valence electrons. The highest BCUT2D eigenvalue weighted by atomic mass is 16.5. The summed E-state index contributed by atoms with van der Waals surface area (Å²) in [5.74, 6) is 0.255. The zero-order valence-corrected chi connectivity index (χ0v) is 21.0. The molecule has 0 unspecified atom stereocenters. The van der Waals surface area contributed by atoms with E-state index in [1.54, 1.807) is 4.90 Å². The normalized spacial score (nSPS) is 20.5. The molecule has 2 heterocycles. The molecule has 35 heavy (non-hydrogen) atoms. The van der Waals surface area contributed by atoms with E-state index in [1.807, 2.05) is 42.2 Å². The van der Waals surface area contributed by atoms with Gasteiger partial charge in [0.15, 0.2) is 0 Å². The van der Waals surface area contributed by atoms with Crippen molar-refractivity contribution in [2.45, 2.75) is 63.8 Å². The number of benzene rings is 1. The van der Waals surface area contributed by atoms with Crippen LogP contribution in [0.3, 0.4) is 0 Å². The second kappa shape index (κ2) is 11.9. The summed E-state index contributed by atoms with van der Waals surface area (Å²) in [5.41, 5.74) is 0.271. The van der Waals surface area contributed by atoms with Gasteiger partial charge in [-0.2, -0.15) is 0 Å². The maximum absolute atomic E-state index is 13.8. The number of anilines is 1. The first kappa shape index (κ1) is 25.5. The minimum Gasteiger partial charge on any atom is -0.382 e. The summed E-state index contributed by atoms with van der Waals surface area (Å²) in [7, 11) is 0. The maximum Gasteiger partial charge on any atom is 0.250 e. The molecule has 1 saturated carbocycles. The molecule has 1 spiro atoms. The van der Waals surface area contributed by atoms with E-state index in [0.717, 1.165) is 37.8 Å². The molecule has 8 nitrogen and oxygen atoms in total. The van der Waals surface area contributed by atoms with Crippen molar-refractivity contribution >= 4 is 23.4 Å². The predicted octanol–water partition coefficient (Wildman–Crippen LogP) is 2.78. The van der Waals surface area contributed by atoms with E-state index in [2.05, 4.69) is 10.2 Å². The minimum atomic E-state index is -0.708. The molecule has 2 saturated heterocycles. The van der Waals surface area contributed by atoms with Gasteiger partial charge >= 0.3 is 0 Å². The van der Waals surface area contributed by atoms with Crippen LogP contribution in [0.25, 0.3) is 0 Å². The van der Waals surface area contributed by atoms with Crippen LogP contribution < -0.4 is 10.2 Å². The van der Waals surface area contributed by atoms with E-state index in [9.17, 15) is 14.4 Å². The van der Waals surface area contributed by atoms with Crippen molar-refractivity contribution in [3.8, 4) is 0 Å². The topological polar surface area (TPSA) is 82.2 Å². The maximum atomic E-state index is 13.8. The summed E-state index contributed by atoms with van der Waals surface area (Å²) in [6.07, 6.45) is 7.40. The van der Waals surface area contributed by atoms with Crippen molar-refractivity contribution in [3.05, 3.63) is 30.3 Å². The van der Waals surface area contributed by atoms with Crippen molar-refractivity contribution in [1.82, 2.24) is 15.1 Å². The summed E-state index contributed by atoms with van der Waals surface area (Å²) >= 11 is 0. The third-order valence-electron chi connectivity index (χ3n) is 7.76. The molecule has 3 fully saturated rings. The lowest BCUT2D eigenvalue weighted by Gasteiger charge is -2.44. The van der Waals surface area contributed by atoms with Gasteiger partial charge in [0.05, 0.1) is 6.67 Å². The van der Waals surface area contributed by atoms with Crippen LogP contribution in [-0.4, -0.2) is 79.1 Å². The number of nitrogens with one attached hydrogen (secondary N) is 1. The summed E-state index contributed by atoms with van der Waals surface area (Å²) in [5, 5.41) is 2.91. The molecule has 0 bridgehead atoms. The molecule has 2 aliphatic heterocycles. The number of carbonyl (C=O) groups is 3. The van der Waals surface area contributed by atoms with Gasteiger partial charge in [-0.05, 0) is 51.2 Å². The molecule has 3 aliphatic rings. The number of hydrogen-bond acceptors (Lipinski definition) is 5. The minimum absolute atomic E-state index is 0.00409. The number of hydrogen-bond donors (Lipinski definition) is 1. The van der Waals surface area contributed by atoms with Crippen LogP contribution in [0.1, 0.15) is 58.3 Å². The Kier molecular flexibility index (Phi) is 8.65. The fraction of sp³-hybridized carbons (Fsp3) is 0.667.